The number of aromatic nitrogens is 2. The van der Waals surface area contributed by atoms with E-state index in [1.54, 1.807) is 0 Å². The summed E-state index contributed by atoms with van der Waals surface area (Å²) in [5.74, 6) is 2.01. The minimum Gasteiger partial charge on any atom is -0.439 e. The minimum atomic E-state index is -0.200. The van der Waals surface area contributed by atoms with Crippen molar-refractivity contribution in [1.82, 2.24) is 21.0 Å². The minimum absolute atomic E-state index is 0. The fourth-order valence-electron chi connectivity index (χ4n) is 6.80. The van der Waals surface area contributed by atoms with Crippen LogP contribution in [0.5, 0.6) is 11.6 Å². The second-order valence-electron chi connectivity index (χ2n) is 14.1. The molecule has 2 aliphatic heterocycles. The molecule has 6 rings (SSSR count). The van der Waals surface area contributed by atoms with E-state index in [4.69, 9.17) is 14.7 Å². The van der Waals surface area contributed by atoms with Crippen LogP contribution in [0.4, 0.5) is 5.69 Å². The molecule has 0 bridgehead atoms. The maximum absolute atomic E-state index is 13.8. The number of ketones is 1. The van der Waals surface area contributed by atoms with Crippen molar-refractivity contribution < 1.29 is 14.6 Å². The van der Waals surface area contributed by atoms with Crippen LogP contribution in [0.25, 0.3) is 0 Å². The lowest BCUT2D eigenvalue weighted by atomic mass is 9.71. The second-order valence-corrected chi connectivity index (χ2v) is 14.1. The first-order valence-corrected chi connectivity index (χ1v) is 16.3. The summed E-state index contributed by atoms with van der Waals surface area (Å²) in [6.45, 7) is 11.7. The number of fused-ring (bicyclic) bond motifs is 2. The molecule has 1 aromatic carbocycles. The van der Waals surface area contributed by atoms with Gasteiger partial charge in [-0.1, -0.05) is 44.5 Å². The zero-order chi connectivity index (χ0) is 30.8. The number of aryl methyl sites for hydroxylation is 2. The van der Waals surface area contributed by atoms with E-state index in [9.17, 15) is 9.90 Å². The van der Waals surface area contributed by atoms with Crippen molar-refractivity contribution in [1.29, 1.82) is 0 Å². The van der Waals surface area contributed by atoms with E-state index >= 15 is 0 Å². The molecule has 1 aliphatic carbocycles. The Morgan fingerprint density at radius 2 is 1.82 bits per heavy atom. The Bertz CT molecular complexity index is 1500. The summed E-state index contributed by atoms with van der Waals surface area (Å²) < 4.78 is 5.96. The molecule has 3 aliphatic rings. The molecule has 3 aromatic rings. The molecule has 8 heteroatoms. The normalized spacial score (nSPS) is 19.2. The third-order valence-corrected chi connectivity index (χ3v) is 9.84. The summed E-state index contributed by atoms with van der Waals surface area (Å²) in [5, 5.41) is 9.95. The van der Waals surface area contributed by atoms with Crippen molar-refractivity contribution in [3.63, 3.8) is 0 Å². The van der Waals surface area contributed by atoms with Gasteiger partial charge in [-0.25, -0.2) is 9.98 Å². The highest BCUT2D eigenvalue weighted by molar-refractivity contribution is 6.41. The van der Waals surface area contributed by atoms with E-state index in [1.165, 1.54) is 16.8 Å². The van der Waals surface area contributed by atoms with Gasteiger partial charge in [0, 0.05) is 43.9 Å². The van der Waals surface area contributed by atoms with Gasteiger partial charge in [-0.15, -0.1) is 0 Å². The molecule has 2 aromatic heterocycles. The summed E-state index contributed by atoms with van der Waals surface area (Å²) >= 11 is 0. The van der Waals surface area contributed by atoms with E-state index in [2.05, 4.69) is 36.7 Å². The molecule has 45 heavy (non-hydrogen) atoms. The van der Waals surface area contributed by atoms with Gasteiger partial charge in [0.25, 0.3) is 0 Å². The van der Waals surface area contributed by atoms with Gasteiger partial charge in [0.2, 0.25) is 5.88 Å². The highest BCUT2D eigenvalue weighted by atomic mass is 16.5. The van der Waals surface area contributed by atoms with Gasteiger partial charge in [0.1, 0.15) is 5.75 Å². The predicted octanol–water partition coefficient (Wildman–Crippen LogP) is 7.11. The lowest BCUT2D eigenvalue weighted by molar-refractivity contribution is -0.113. The number of hydrogen-bond acceptors (Lipinski definition) is 8. The third-order valence-electron chi connectivity index (χ3n) is 9.84. The SMILES string of the molecule is Cc1ccc(Oc2ccc([C@@H](CCN3CCC(O)CC3)CC(=O)C3=Nc4cc5c(nc4C3)CC[C@H](C(C)(C)C)C5)cn2)cc1.N. The molecule has 240 valence electrons. The third kappa shape index (κ3) is 8.04. The number of nitrogens with zero attached hydrogens (tertiary/aromatic N) is 4. The smallest absolute Gasteiger partial charge is 0.219 e. The zero-order valence-corrected chi connectivity index (χ0v) is 27.4. The van der Waals surface area contributed by atoms with Crippen LogP contribution in [0.3, 0.4) is 0 Å². The van der Waals surface area contributed by atoms with Gasteiger partial charge < -0.3 is 20.9 Å². The molecule has 1 saturated heterocycles. The Kier molecular flexibility index (Phi) is 10.2. The highest BCUT2D eigenvalue weighted by Crippen LogP contribution is 2.39. The number of likely N-dealkylation sites (tertiary alicyclic amines) is 1. The molecule has 2 atom stereocenters. The number of Topliss-reactive ketones (excluding diaryl/α,β-unsaturated/α-hetero) is 1. The van der Waals surface area contributed by atoms with Gasteiger partial charge >= 0.3 is 0 Å². The number of carbonyl (C=O) groups is 1. The van der Waals surface area contributed by atoms with Crippen LogP contribution in [-0.4, -0.2) is 57.2 Å². The van der Waals surface area contributed by atoms with Crippen molar-refractivity contribution in [2.45, 2.75) is 91.1 Å². The number of carbonyl (C=O) groups excluding carboxylic acids is 1. The van der Waals surface area contributed by atoms with E-state index in [-0.39, 0.29) is 29.4 Å². The number of ether oxygens (including phenoxy) is 1. The Labute approximate surface area is 267 Å². The standard InChI is InChI=1S/C37H46N4O3.H3N/c1-24-5-9-30(10-6-24)44-36-12-7-26(23-38-36)25(13-16-41-17-14-29(42)15-18-41)21-35(43)34-22-33-32(40-34)20-27-19-28(37(2,3)4)8-11-31(27)39-33;/h5-7,9-10,12,20,23,25,28-29,42H,8,11,13-19,21-22H2,1-4H3;1H3/t25-,28-;/m0./s1. The molecule has 4 heterocycles. The second kappa shape index (κ2) is 13.9. The number of aliphatic hydroxyl groups excluding tert-OH is 1. The summed E-state index contributed by atoms with van der Waals surface area (Å²) in [5.41, 5.74) is 7.42. The van der Waals surface area contributed by atoms with Gasteiger partial charge in [-0.05, 0) is 98.6 Å². The first kappa shape index (κ1) is 32.9. The van der Waals surface area contributed by atoms with Gasteiger partial charge in [0.05, 0.1) is 23.2 Å². The van der Waals surface area contributed by atoms with Crippen molar-refractivity contribution in [2.75, 3.05) is 19.6 Å². The largest absolute Gasteiger partial charge is 0.439 e. The maximum Gasteiger partial charge on any atom is 0.219 e. The summed E-state index contributed by atoms with van der Waals surface area (Å²) in [4.78, 5) is 30.7. The van der Waals surface area contributed by atoms with E-state index in [1.807, 2.05) is 49.5 Å². The molecule has 0 saturated carbocycles. The van der Waals surface area contributed by atoms with Crippen molar-refractivity contribution >= 4 is 17.2 Å². The average Bonchev–Trinajstić information content (AvgIpc) is 3.43. The van der Waals surface area contributed by atoms with Crippen molar-refractivity contribution in [3.8, 4) is 11.6 Å². The summed E-state index contributed by atoms with van der Waals surface area (Å²) in [6.07, 6.45) is 8.19. The predicted molar refractivity (Wildman–Crippen MR) is 179 cm³/mol. The fourth-order valence-corrected chi connectivity index (χ4v) is 6.80. The molecular formula is C37H49N5O3. The number of pyridine rings is 2. The number of benzene rings is 1. The van der Waals surface area contributed by atoms with Crippen LogP contribution < -0.4 is 10.9 Å². The molecular weight excluding hydrogens is 562 g/mol. The van der Waals surface area contributed by atoms with Gasteiger partial charge in [0.15, 0.2) is 5.78 Å². The molecule has 0 radical (unpaired) electrons. The van der Waals surface area contributed by atoms with Crippen LogP contribution in [0.1, 0.15) is 86.9 Å². The number of piperidine rings is 1. The molecule has 8 nitrogen and oxygen atoms in total. The average molecular weight is 612 g/mol. The van der Waals surface area contributed by atoms with Crippen LogP contribution in [-0.2, 0) is 24.1 Å². The Balaban J connectivity index is 0.00000400. The number of aliphatic hydroxyl groups is 1. The van der Waals surface area contributed by atoms with Crippen LogP contribution >= 0.6 is 0 Å². The molecule has 0 unspecified atom stereocenters. The lowest BCUT2D eigenvalue weighted by Crippen LogP contribution is -2.37. The van der Waals surface area contributed by atoms with Crippen LogP contribution in [0.2, 0.25) is 0 Å². The number of rotatable bonds is 9. The molecule has 1 fully saturated rings. The zero-order valence-electron chi connectivity index (χ0n) is 27.4. The Hall–Kier alpha value is -3.46. The lowest BCUT2D eigenvalue weighted by Gasteiger charge is -2.34. The fraction of sp³-hybridized carbons (Fsp3) is 0.514. The first-order valence-electron chi connectivity index (χ1n) is 16.3. The quantitative estimate of drug-likeness (QED) is 0.264. The summed E-state index contributed by atoms with van der Waals surface area (Å²) in [6, 6.07) is 14.1. The van der Waals surface area contributed by atoms with Crippen LogP contribution in [0, 0.1) is 18.3 Å². The molecule has 4 N–H and O–H groups in total. The molecule has 0 amide bonds. The van der Waals surface area contributed by atoms with Crippen LogP contribution in [0.15, 0.2) is 53.7 Å². The summed E-state index contributed by atoms with van der Waals surface area (Å²) in [7, 11) is 0. The molecule has 0 spiro atoms. The van der Waals surface area contributed by atoms with Crippen molar-refractivity contribution in [3.05, 3.63) is 76.7 Å². The van der Waals surface area contributed by atoms with E-state index in [0.717, 1.165) is 80.9 Å². The Morgan fingerprint density at radius 1 is 1.07 bits per heavy atom. The van der Waals surface area contributed by atoms with Gasteiger partial charge in [-0.3, -0.25) is 9.78 Å². The number of aliphatic imine (C=N–C) groups is 1. The number of hydrogen-bond donors (Lipinski definition) is 2. The maximum atomic E-state index is 13.8. The first-order chi connectivity index (χ1) is 21.1. The van der Waals surface area contributed by atoms with E-state index < -0.39 is 0 Å². The van der Waals surface area contributed by atoms with Crippen molar-refractivity contribution in [2.24, 2.45) is 16.3 Å². The monoisotopic (exact) mass is 611 g/mol. The topological polar surface area (TPSA) is 123 Å². The Morgan fingerprint density at radius 3 is 2.51 bits per heavy atom. The highest BCUT2D eigenvalue weighted by Gasteiger charge is 2.32. The van der Waals surface area contributed by atoms with E-state index in [0.29, 0.717) is 30.4 Å². The van der Waals surface area contributed by atoms with Gasteiger partial charge in [-0.2, -0.15) is 0 Å².